The van der Waals surface area contributed by atoms with Gasteiger partial charge in [0.2, 0.25) is 12.4 Å². The Morgan fingerprint density at radius 2 is 1.23 bits per heavy atom. The average molecular weight is 550 g/mol. The summed E-state index contributed by atoms with van der Waals surface area (Å²) in [5.74, 6) is -2.45. The van der Waals surface area contributed by atoms with E-state index in [9.17, 15) is 19.2 Å². The maximum absolute atomic E-state index is 12.0. The van der Waals surface area contributed by atoms with Gasteiger partial charge in [-0.3, -0.25) is 19.2 Å². The molecule has 3 rings (SSSR count). The van der Waals surface area contributed by atoms with Crippen molar-refractivity contribution < 1.29 is 56.9 Å². The first-order chi connectivity index (χ1) is 18.1. The fourth-order valence-corrected chi connectivity index (χ4v) is 4.10. The van der Waals surface area contributed by atoms with Gasteiger partial charge >= 0.3 is 31.0 Å². The minimum absolute atomic E-state index is 0.316. The summed E-state index contributed by atoms with van der Waals surface area (Å²) in [6, 6.07) is 6.80. The highest BCUT2D eigenvalue weighted by atomic mass is 16.7. The molecule has 2 aliphatic heterocycles. The van der Waals surface area contributed by atoms with E-state index in [0.717, 1.165) is 26.2 Å². The van der Waals surface area contributed by atoms with Gasteiger partial charge in [0.25, 0.3) is 0 Å². The van der Waals surface area contributed by atoms with Crippen LogP contribution in [0.1, 0.15) is 55.4 Å². The van der Waals surface area contributed by atoms with Gasteiger partial charge in [-0.25, -0.2) is 0 Å². The zero-order chi connectivity index (χ0) is 29.1. The number of carbonyl (C=O) groups is 4. The van der Waals surface area contributed by atoms with Crippen LogP contribution in [0, 0.1) is 0 Å². The summed E-state index contributed by atoms with van der Waals surface area (Å²) >= 11 is 0. The normalized spacial score (nSPS) is 27.3. The Labute approximate surface area is 227 Å². The van der Waals surface area contributed by atoms with Crippen molar-refractivity contribution in [1.82, 2.24) is 0 Å². The van der Waals surface area contributed by atoms with Gasteiger partial charge in [0.05, 0.1) is 11.2 Å². The Morgan fingerprint density at radius 1 is 0.744 bits per heavy atom. The molecule has 1 aromatic rings. The Balaban J connectivity index is 1.89. The zero-order valence-electron chi connectivity index (χ0n) is 23.4. The van der Waals surface area contributed by atoms with Gasteiger partial charge in [-0.1, -0.05) is 12.1 Å². The standard InChI is InChI=1S/C26H35BO12/c1-14(28)32-13-20-21(33-15(2)29)22(34-16(3)30)23(35-17(4)31)24(37-20)36-19-11-9-18(10-12-19)27-38-25(5,6)26(7,8)39-27/h9-12,20-24H,13H2,1-8H3/t20-,21+,22-,23+,24+/m1/s1. The van der Waals surface area contributed by atoms with Crippen molar-refractivity contribution >= 4 is 36.5 Å². The van der Waals surface area contributed by atoms with Gasteiger partial charge < -0.3 is 37.7 Å². The van der Waals surface area contributed by atoms with E-state index in [1.54, 1.807) is 24.3 Å². The molecule has 13 heteroatoms. The molecule has 0 radical (unpaired) electrons. The van der Waals surface area contributed by atoms with E-state index in [-0.39, 0.29) is 6.61 Å². The Bertz CT molecular complexity index is 1050. The SMILES string of the molecule is CC(=O)OC[C@H]1O[C@H](Oc2ccc(B3OC(C)(C)C(C)(C)O3)cc2)[C@@H](OC(C)=O)[C@H](OC(C)=O)[C@H]1OC(C)=O. The van der Waals surface area contributed by atoms with Crippen molar-refractivity contribution in [2.24, 2.45) is 0 Å². The molecule has 0 saturated carbocycles. The highest BCUT2D eigenvalue weighted by molar-refractivity contribution is 6.62. The van der Waals surface area contributed by atoms with E-state index in [1.807, 2.05) is 27.7 Å². The lowest BCUT2D eigenvalue weighted by Crippen LogP contribution is -2.63. The number of ether oxygens (including phenoxy) is 6. The van der Waals surface area contributed by atoms with Crippen LogP contribution >= 0.6 is 0 Å². The summed E-state index contributed by atoms with van der Waals surface area (Å²) in [5, 5.41) is 0. The second kappa shape index (κ2) is 11.9. The van der Waals surface area contributed by atoms with Gasteiger partial charge in [-0.15, -0.1) is 0 Å². The van der Waals surface area contributed by atoms with E-state index < -0.39 is 72.9 Å². The number of carbonyl (C=O) groups excluding carboxylic acids is 4. The molecule has 1 aromatic carbocycles. The third kappa shape index (κ3) is 7.49. The van der Waals surface area contributed by atoms with Crippen molar-refractivity contribution in [1.29, 1.82) is 0 Å². The fraction of sp³-hybridized carbons (Fsp3) is 0.615. The van der Waals surface area contributed by atoms with Crippen LogP contribution in [0.15, 0.2) is 24.3 Å². The van der Waals surface area contributed by atoms with Crippen molar-refractivity contribution in [2.45, 2.75) is 97.3 Å². The molecular weight excluding hydrogens is 515 g/mol. The molecule has 0 aromatic heterocycles. The minimum Gasteiger partial charge on any atom is -0.463 e. The van der Waals surface area contributed by atoms with Crippen molar-refractivity contribution in [3.63, 3.8) is 0 Å². The first-order valence-corrected chi connectivity index (χ1v) is 12.5. The number of benzene rings is 1. The van der Waals surface area contributed by atoms with Crippen LogP contribution < -0.4 is 10.2 Å². The van der Waals surface area contributed by atoms with E-state index in [2.05, 4.69) is 0 Å². The maximum Gasteiger partial charge on any atom is 0.494 e. The maximum atomic E-state index is 12.0. The third-order valence-electron chi connectivity index (χ3n) is 6.61. The van der Waals surface area contributed by atoms with Gasteiger partial charge in [-0.05, 0) is 45.3 Å². The van der Waals surface area contributed by atoms with Crippen molar-refractivity contribution in [3.05, 3.63) is 24.3 Å². The molecule has 0 aliphatic carbocycles. The zero-order valence-corrected chi connectivity index (χ0v) is 23.4. The van der Waals surface area contributed by atoms with Gasteiger partial charge in [0.15, 0.2) is 12.2 Å². The molecule has 214 valence electrons. The van der Waals surface area contributed by atoms with Crippen molar-refractivity contribution in [2.75, 3.05) is 6.61 Å². The first kappa shape index (κ1) is 30.4. The summed E-state index contributed by atoms with van der Waals surface area (Å²) in [4.78, 5) is 47.3. The molecule has 39 heavy (non-hydrogen) atoms. The third-order valence-corrected chi connectivity index (χ3v) is 6.61. The molecule has 0 bridgehead atoms. The summed E-state index contributed by atoms with van der Waals surface area (Å²) in [5.41, 5.74) is -0.273. The number of hydrogen-bond donors (Lipinski definition) is 0. The van der Waals surface area contributed by atoms with Crippen LogP contribution in [0.3, 0.4) is 0 Å². The molecule has 2 aliphatic rings. The quantitative estimate of drug-likeness (QED) is 0.263. The molecular formula is C26H35BO12. The summed E-state index contributed by atoms with van der Waals surface area (Å²) in [6.45, 7) is 12.1. The van der Waals surface area contributed by atoms with Crippen LogP contribution in [0.5, 0.6) is 5.75 Å². The molecule has 12 nitrogen and oxygen atoms in total. The lowest BCUT2D eigenvalue weighted by Gasteiger charge is -2.43. The van der Waals surface area contributed by atoms with Crippen LogP contribution in [0.4, 0.5) is 0 Å². The molecule has 2 saturated heterocycles. The Kier molecular flexibility index (Phi) is 9.29. The molecule has 5 atom stereocenters. The fourth-order valence-electron chi connectivity index (χ4n) is 4.10. The van der Waals surface area contributed by atoms with Gasteiger partial charge in [-0.2, -0.15) is 0 Å². The Hall–Kier alpha value is -3.16. The smallest absolute Gasteiger partial charge is 0.463 e. The minimum atomic E-state index is -1.33. The number of esters is 4. The van der Waals surface area contributed by atoms with E-state index in [4.69, 9.17) is 37.7 Å². The summed E-state index contributed by atoms with van der Waals surface area (Å²) in [6.07, 6.45) is -6.34. The lowest BCUT2D eigenvalue weighted by atomic mass is 9.79. The largest absolute Gasteiger partial charge is 0.494 e. The second-order valence-electron chi connectivity index (χ2n) is 10.3. The number of hydrogen-bond acceptors (Lipinski definition) is 12. The van der Waals surface area contributed by atoms with Gasteiger partial charge in [0.1, 0.15) is 18.5 Å². The highest BCUT2D eigenvalue weighted by Crippen LogP contribution is 2.37. The monoisotopic (exact) mass is 550 g/mol. The molecule has 0 amide bonds. The van der Waals surface area contributed by atoms with E-state index >= 15 is 0 Å². The Morgan fingerprint density at radius 3 is 1.72 bits per heavy atom. The van der Waals surface area contributed by atoms with Crippen LogP contribution in [0.25, 0.3) is 0 Å². The van der Waals surface area contributed by atoms with Crippen LogP contribution in [0.2, 0.25) is 0 Å². The lowest BCUT2D eigenvalue weighted by molar-refractivity contribution is -0.288. The van der Waals surface area contributed by atoms with Crippen molar-refractivity contribution in [3.8, 4) is 5.75 Å². The second-order valence-corrected chi connectivity index (χ2v) is 10.3. The predicted octanol–water partition coefficient (Wildman–Crippen LogP) is 1.45. The van der Waals surface area contributed by atoms with Crippen LogP contribution in [-0.4, -0.2) is 79.5 Å². The summed E-state index contributed by atoms with van der Waals surface area (Å²) in [7, 11) is -0.588. The molecule has 2 heterocycles. The van der Waals surface area contributed by atoms with Crippen LogP contribution in [-0.2, 0) is 52.2 Å². The topological polar surface area (TPSA) is 142 Å². The number of rotatable bonds is 8. The first-order valence-electron chi connectivity index (χ1n) is 12.5. The van der Waals surface area contributed by atoms with E-state index in [0.29, 0.717) is 5.75 Å². The predicted molar refractivity (Wildman–Crippen MR) is 135 cm³/mol. The molecule has 2 fully saturated rings. The summed E-state index contributed by atoms with van der Waals surface area (Å²) < 4.78 is 45.4. The van der Waals surface area contributed by atoms with E-state index in [1.165, 1.54) is 6.92 Å². The molecule has 0 spiro atoms. The van der Waals surface area contributed by atoms with Gasteiger partial charge in [0, 0.05) is 27.7 Å². The molecule has 0 N–H and O–H groups in total. The average Bonchev–Trinajstić information content (AvgIpc) is 3.02. The molecule has 0 unspecified atom stereocenters. The highest BCUT2D eigenvalue weighted by Gasteiger charge is 2.54.